The predicted molar refractivity (Wildman–Crippen MR) is 142 cm³/mol. The largest absolute Gasteiger partial charge is 0.351 e. The lowest BCUT2D eigenvalue weighted by Crippen LogP contribution is -2.47. The Morgan fingerprint density at radius 3 is 2.77 bits per heavy atom. The van der Waals surface area contributed by atoms with Crippen LogP contribution in [0.2, 0.25) is 5.02 Å². The lowest BCUT2D eigenvalue weighted by molar-refractivity contribution is -0.127. The third kappa shape index (κ3) is 5.00. The molecule has 1 saturated heterocycles. The van der Waals surface area contributed by atoms with E-state index < -0.39 is 10.0 Å². The normalized spacial score (nSPS) is 14.9. The number of hydrogen-bond acceptors (Lipinski definition) is 7. The van der Waals surface area contributed by atoms with Crippen LogP contribution in [0.25, 0.3) is 21.6 Å². The van der Waals surface area contributed by atoms with E-state index in [9.17, 15) is 13.2 Å². The summed E-state index contributed by atoms with van der Waals surface area (Å²) >= 11 is 9.10. The topological polar surface area (TPSA) is 98.4 Å². The summed E-state index contributed by atoms with van der Waals surface area (Å²) in [6, 6.07) is 8.71. The van der Waals surface area contributed by atoms with E-state index in [-0.39, 0.29) is 10.1 Å². The van der Waals surface area contributed by atoms with Crippen LogP contribution in [0.1, 0.15) is 4.88 Å². The number of H-pyrrole nitrogens is 1. The van der Waals surface area contributed by atoms with Gasteiger partial charge in [-0.15, -0.1) is 22.7 Å². The fraction of sp³-hybridized carbons (Fsp3) is 0.217. The number of benzene rings is 1. The van der Waals surface area contributed by atoms with Crippen LogP contribution in [0.15, 0.2) is 58.8 Å². The van der Waals surface area contributed by atoms with Crippen LogP contribution < -0.4 is 4.72 Å². The maximum absolute atomic E-state index is 12.8. The minimum atomic E-state index is -3.75. The number of rotatable bonds is 7. The Bertz CT molecular complexity index is 1490. The molecule has 182 valence electrons. The van der Waals surface area contributed by atoms with Crippen LogP contribution in [0.5, 0.6) is 0 Å². The van der Waals surface area contributed by atoms with Gasteiger partial charge in [0.25, 0.3) is 10.0 Å². The number of thiophene rings is 1. The van der Waals surface area contributed by atoms with Crippen LogP contribution in [-0.2, 0) is 21.4 Å². The number of piperazine rings is 1. The fourth-order valence-electron chi connectivity index (χ4n) is 3.97. The number of halogens is 1. The average Bonchev–Trinajstić information content (AvgIpc) is 3.62. The predicted octanol–water partition coefficient (Wildman–Crippen LogP) is 4.64. The summed E-state index contributed by atoms with van der Waals surface area (Å²) in [7, 11) is -3.75. The molecule has 1 aliphatic rings. The van der Waals surface area contributed by atoms with E-state index >= 15 is 0 Å². The second-order valence-electron chi connectivity index (χ2n) is 8.04. The molecule has 1 aliphatic heterocycles. The fourth-order valence-corrected chi connectivity index (χ4v) is 7.24. The molecule has 5 rings (SSSR count). The van der Waals surface area contributed by atoms with Crippen LogP contribution in [-0.4, -0.2) is 60.3 Å². The van der Waals surface area contributed by atoms with Gasteiger partial charge < -0.3 is 9.88 Å². The van der Waals surface area contributed by atoms with E-state index in [0.29, 0.717) is 29.3 Å². The molecule has 1 amide bonds. The van der Waals surface area contributed by atoms with Crippen molar-refractivity contribution in [2.75, 3.05) is 30.9 Å². The highest BCUT2D eigenvalue weighted by Crippen LogP contribution is 2.36. The maximum Gasteiger partial charge on any atom is 0.271 e. The standard InChI is InChI=1S/C23H22ClN5O3S3/c1-2-19(30)29-9-7-28(8-10-29)14-16-13-25-23(34-16)18-12-15-5-6-17(24)22(21(15)26-18)27-35(31,32)20-4-3-11-33-20/h2-6,11-13,26-27H,1,7-10,14H2. The van der Waals surface area contributed by atoms with Crippen molar-refractivity contribution < 1.29 is 13.2 Å². The van der Waals surface area contributed by atoms with Gasteiger partial charge in [-0.25, -0.2) is 13.4 Å². The molecule has 0 bridgehead atoms. The first-order chi connectivity index (χ1) is 16.8. The van der Waals surface area contributed by atoms with E-state index in [1.54, 1.807) is 34.9 Å². The van der Waals surface area contributed by atoms with Crippen molar-refractivity contribution in [1.29, 1.82) is 0 Å². The summed E-state index contributed by atoms with van der Waals surface area (Å²) in [6.07, 6.45) is 3.22. The van der Waals surface area contributed by atoms with Gasteiger partial charge in [0.15, 0.2) is 0 Å². The molecule has 4 aromatic rings. The summed E-state index contributed by atoms with van der Waals surface area (Å²) < 4.78 is 28.4. The van der Waals surface area contributed by atoms with Crippen LogP contribution in [0, 0.1) is 0 Å². The SMILES string of the molecule is C=CC(=O)N1CCN(Cc2cnc(-c3cc4ccc(Cl)c(NS(=O)(=O)c5cccs5)c4[nH]3)s2)CC1. The minimum absolute atomic E-state index is 0.0271. The van der Waals surface area contributed by atoms with Gasteiger partial charge in [0.05, 0.1) is 21.9 Å². The number of carbonyl (C=O) groups is 1. The number of amides is 1. The zero-order valence-electron chi connectivity index (χ0n) is 18.5. The number of anilines is 1. The van der Waals surface area contributed by atoms with E-state index in [1.807, 2.05) is 23.2 Å². The number of thiazole rings is 1. The van der Waals surface area contributed by atoms with Crippen molar-refractivity contribution in [3.05, 3.63) is 64.5 Å². The zero-order valence-corrected chi connectivity index (χ0v) is 21.7. The smallest absolute Gasteiger partial charge is 0.271 e. The number of sulfonamides is 1. The molecule has 0 saturated carbocycles. The zero-order chi connectivity index (χ0) is 24.6. The van der Waals surface area contributed by atoms with E-state index in [4.69, 9.17) is 11.6 Å². The molecule has 1 aromatic carbocycles. The van der Waals surface area contributed by atoms with E-state index in [2.05, 4.69) is 26.2 Å². The number of aromatic nitrogens is 2. The van der Waals surface area contributed by atoms with Crippen molar-refractivity contribution in [3.63, 3.8) is 0 Å². The van der Waals surface area contributed by atoms with Gasteiger partial charge in [0, 0.05) is 49.2 Å². The van der Waals surface area contributed by atoms with Crippen molar-refractivity contribution in [2.24, 2.45) is 0 Å². The third-order valence-electron chi connectivity index (χ3n) is 5.76. The first-order valence-corrected chi connectivity index (χ1v) is 14.4. The summed E-state index contributed by atoms with van der Waals surface area (Å²) in [5.41, 5.74) is 1.71. The van der Waals surface area contributed by atoms with Gasteiger partial charge in [0.1, 0.15) is 9.22 Å². The molecule has 0 spiro atoms. The van der Waals surface area contributed by atoms with Crippen molar-refractivity contribution in [2.45, 2.75) is 10.8 Å². The van der Waals surface area contributed by atoms with Crippen LogP contribution in [0.3, 0.4) is 0 Å². The van der Waals surface area contributed by atoms with E-state index in [1.165, 1.54) is 6.08 Å². The lowest BCUT2D eigenvalue weighted by Gasteiger charge is -2.33. The van der Waals surface area contributed by atoms with Crippen molar-refractivity contribution >= 4 is 66.8 Å². The summed E-state index contributed by atoms with van der Waals surface area (Å²) in [5, 5.41) is 3.65. The molecular weight excluding hydrogens is 526 g/mol. The minimum Gasteiger partial charge on any atom is -0.351 e. The van der Waals surface area contributed by atoms with Crippen LogP contribution >= 0.6 is 34.3 Å². The molecule has 3 aromatic heterocycles. The Morgan fingerprint density at radius 2 is 2.06 bits per heavy atom. The Balaban J connectivity index is 1.35. The number of carbonyl (C=O) groups excluding carboxylic acids is 1. The molecule has 12 heteroatoms. The molecule has 2 N–H and O–H groups in total. The molecule has 8 nitrogen and oxygen atoms in total. The first-order valence-electron chi connectivity index (χ1n) is 10.8. The maximum atomic E-state index is 12.8. The van der Waals surface area contributed by atoms with Gasteiger partial charge in [-0.1, -0.05) is 30.3 Å². The highest BCUT2D eigenvalue weighted by molar-refractivity contribution is 7.94. The molecule has 1 fully saturated rings. The number of hydrogen-bond donors (Lipinski definition) is 2. The summed E-state index contributed by atoms with van der Waals surface area (Å²) in [4.78, 5) is 24.9. The van der Waals surface area contributed by atoms with Crippen molar-refractivity contribution in [1.82, 2.24) is 19.8 Å². The average molecular weight is 548 g/mol. The highest BCUT2D eigenvalue weighted by atomic mass is 35.5. The first kappa shape index (κ1) is 24.0. The molecule has 0 unspecified atom stereocenters. The number of aromatic amines is 1. The Labute approximate surface area is 215 Å². The molecular formula is C23H22ClN5O3S3. The molecule has 0 aliphatic carbocycles. The molecule has 35 heavy (non-hydrogen) atoms. The quantitative estimate of drug-likeness (QED) is 0.328. The van der Waals surface area contributed by atoms with Gasteiger partial charge in [-0.2, -0.15) is 0 Å². The lowest BCUT2D eigenvalue weighted by atomic mass is 10.2. The Hall–Kier alpha value is -2.70. The van der Waals surface area contributed by atoms with Gasteiger partial charge in [-0.05, 0) is 29.7 Å². The van der Waals surface area contributed by atoms with Crippen LogP contribution in [0.4, 0.5) is 5.69 Å². The highest BCUT2D eigenvalue weighted by Gasteiger charge is 2.22. The number of fused-ring (bicyclic) bond motifs is 1. The monoisotopic (exact) mass is 547 g/mol. The number of nitrogens with zero attached hydrogens (tertiary/aromatic N) is 3. The summed E-state index contributed by atoms with van der Waals surface area (Å²) in [6.45, 7) is 7.27. The molecule has 0 atom stereocenters. The van der Waals surface area contributed by atoms with Crippen molar-refractivity contribution in [3.8, 4) is 10.7 Å². The molecule has 0 radical (unpaired) electrons. The third-order valence-corrected chi connectivity index (χ3v) is 9.84. The number of nitrogens with one attached hydrogen (secondary N) is 2. The van der Waals surface area contributed by atoms with Gasteiger partial charge >= 0.3 is 0 Å². The Morgan fingerprint density at radius 1 is 1.26 bits per heavy atom. The van der Waals surface area contributed by atoms with E-state index in [0.717, 1.165) is 51.9 Å². The Kier molecular flexibility index (Phi) is 6.69. The molecule has 4 heterocycles. The second kappa shape index (κ2) is 9.75. The second-order valence-corrected chi connectivity index (χ2v) is 12.4. The summed E-state index contributed by atoms with van der Waals surface area (Å²) in [5.74, 6) is -0.0271. The van der Waals surface area contributed by atoms with Gasteiger partial charge in [-0.3, -0.25) is 14.4 Å². The van der Waals surface area contributed by atoms with Gasteiger partial charge in [0.2, 0.25) is 5.91 Å².